The standard InChI is InChI=1S/C41H32N8O9/c1-2-6-22-11-23-13-24(12-22)17-43-35(51)31-19-56-39(46-31)33-21-58-37(48-33)29-15-25(54-10-5-9-49-40(52)26-7-3-4-8-27(26)41(49)53)14-28(44-29)36-47-32(20-57-36)38-45-30(18-55-38)34(50)42-16-23/h3-4,7-8,11-15,18-21H,2,5-6,9-10,16-17H2,1H3,(H,42,50)(H,43,51). The van der Waals surface area contributed by atoms with Crippen LogP contribution in [-0.4, -0.2) is 66.6 Å². The van der Waals surface area contributed by atoms with E-state index >= 15 is 0 Å². The number of nitrogens with one attached hydrogen (secondary N) is 2. The van der Waals surface area contributed by atoms with Gasteiger partial charge in [-0.1, -0.05) is 43.7 Å². The van der Waals surface area contributed by atoms with Crippen LogP contribution in [0, 0.1) is 0 Å². The minimum atomic E-state index is -0.463. The Labute approximate surface area is 328 Å². The summed E-state index contributed by atoms with van der Waals surface area (Å²) in [6.07, 6.45) is 7.17. The van der Waals surface area contributed by atoms with Crippen molar-refractivity contribution in [3.05, 3.63) is 119 Å². The normalized spacial score (nSPS) is 13.8. The van der Waals surface area contributed by atoms with Gasteiger partial charge in [-0.15, -0.1) is 0 Å². The highest BCUT2D eigenvalue weighted by atomic mass is 16.5. The minimum Gasteiger partial charge on any atom is -0.493 e. The lowest BCUT2D eigenvalue weighted by molar-refractivity contribution is 0.0646. The van der Waals surface area contributed by atoms with Crippen LogP contribution in [-0.2, 0) is 19.5 Å². The van der Waals surface area contributed by atoms with Crippen LogP contribution in [0.5, 0.6) is 5.75 Å². The van der Waals surface area contributed by atoms with E-state index in [9.17, 15) is 19.2 Å². The third-order valence-corrected chi connectivity index (χ3v) is 9.39. The largest absolute Gasteiger partial charge is 0.493 e. The summed E-state index contributed by atoms with van der Waals surface area (Å²) in [6.45, 7) is 2.75. The molecule has 0 unspecified atom stereocenters. The predicted molar refractivity (Wildman–Crippen MR) is 201 cm³/mol. The molecule has 0 atom stereocenters. The highest BCUT2D eigenvalue weighted by molar-refractivity contribution is 6.21. The summed E-state index contributed by atoms with van der Waals surface area (Å²) in [5.41, 5.74) is 4.42. The average Bonchev–Trinajstić information content (AvgIpc) is 4.09. The van der Waals surface area contributed by atoms with E-state index in [0.29, 0.717) is 23.3 Å². The molecule has 5 aromatic heterocycles. The van der Waals surface area contributed by atoms with Crippen LogP contribution in [0.4, 0.5) is 0 Å². The van der Waals surface area contributed by atoms with Gasteiger partial charge in [0.15, 0.2) is 22.8 Å². The van der Waals surface area contributed by atoms with Gasteiger partial charge in [0.1, 0.15) is 42.2 Å². The summed E-state index contributed by atoms with van der Waals surface area (Å²) in [5.74, 6) is -1.10. The van der Waals surface area contributed by atoms with Crippen molar-refractivity contribution in [2.24, 2.45) is 0 Å². The highest BCUT2D eigenvalue weighted by Crippen LogP contribution is 2.31. The summed E-state index contributed by atoms with van der Waals surface area (Å²) in [7, 11) is 0. The molecule has 2 aliphatic heterocycles. The lowest BCUT2D eigenvalue weighted by Crippen LogP contribution is -2.31. The molecule has 12 bridgehead atoms. The van der Waals surface area contributed by atoms with Crippen molar-refractivity contribution in [2.45, 2.75) is 39.3 Å². The van der Waals surface area contributed by atoms with Crippen molar-refractivity contribution in [3.8, 4) is 52.1 Å². The SMILES string of the molecule is CCCc1cc2cc(c1)CNC(=O)c1coc(n1)-c1coc(n1)-c1cc(OCCCN3C(=O)c4ccccc4C3=O)cc(n1)-c1nc(co1)-c1nc(co1)C(=O)NC2. The smallest absolute Gasteiger partial charge is 0.273 e. The molecule has 4 amide bonds. The molecule has 0 saturated heterocycles. The zero-order valence-corrected chi connectivity index (χ0v) is 30.8. The quantitative estimate of drug-likeness (QED) is 0.142. The molecule has 2 N–H and O–H groups in total. The summed E-state index contributed by atoms with van der Waals surface area (Å²) in [4.78, 5) is 75.6. The maximum absolute atomic E-state index is 13.2. The van der Waals surface area contributed by atoms with E-state index in [0.717, 1.165) is 29.5 Å². The zero-order chi connectivity index (χ0) is 39.8. The Balaban J connectivity index is 1.01. The summed E-state index contributed by atoms with van der Waals surface area (Å²) in [5, 5.41) is 5.77. The number of nitrogens with zero attached hydrogens (tertiary/aromatic N) is 6. The Morgan fingerprint density at radius 2 is 1.10 bits per heavy atom. The molecule has 9 rings (SSSR count). The van der Waals surface area contributed by atoms with E-state index < -0.39 is 11.8 Å². The van der Waals surface area contributed by atoms with E-state index in [1.54, 1.807) is 36.4 Å². The second-order valence-corrected chi connectivity index (χ2v) is 13.5. The Morgan fingerprint density at radius 3 is 1.62 bits per heavy atom. The molecule has 7 aromatic rings. The lowest BCUT2D eigenvalue weighted by atomic mass is 10.0. The van der Waals surface area contributed by atoms with Crippen molar-refractivity contribution in [2.75, 3.05) is 13.2 Å². The number of rotatable bonds is 7. The van der Waals surface area contributed by atoms with E-state index in [2.05, 4.69) is 42.5 Å². The number of oxazole rings is 4. The van der Waals surface area contributed by atoms with Crippen molar-refractivity contribution >= 4 is 23.6 Å². The van der Waals surface area contributed by atoms with Gasteiger partial charge < -0.3 is 33.0 Å². The van der Waals surface area contributed by atoms with Crippen LogP contribution in [0.1, 0.15) is 78.1 Å². The third-order valence-electron chi connectivity index (χ3n) is 9.39. The zero-order valence-electron chi connectivity index (χ0n) is 30.8. The molecule has 290 valence electrons. The number of benzene rings is 2. The molecule has 0 saturated carbocycles. The fraction of sp³-hybridized carbons (Fsp3) is 0.195. The number of carbonyl (C=O) groups is 4. The molecule has 0 spiro atoms. The van der Waals surface area contributed by atoms with Gasteiger partial charge in [-0.3, -0.25) is 24.1 Å². The number of aryl methyl sites for hydroxylation is 1. The van der Waals surface area contributed by atoms with Gasteiger partial charge in [0.2, 0.25) is 23.6 Å². The third kappa shape index (κ3) is 7.11. The molecule has 2 aliphatic rings. The first-order valence-electron chi connectivity index (χ1n) is 18.4. The molecule has 0 radical (unpaired) electrons. The van der Waals surface area contributed by atoms with Crippen molar-refractivity contribution in [3.63, 3.8) is 0 Å². The molecule has 17 nitrogen and oxygen atoms in total. The minimum absolute atomic E-state index is 0.0369. The highest BCUT2D eigenvalue weighted by Gasteiger charge is 2.34. The van der Waals surface area contributed by atoms with Crippen LogP contribution in [0.3, 0.4) is 0 Å². The average molecular weight is 781 g/mol. The molecular formula is C41H32N8O9. The first-order valence-corrected chi connectivity index (χ1v) is 18.4. The molecular weight excluding hydrogens is 748 g/mol. The summed E-state index contributed by atoms with van der Waals surface area (Å²) in [6, 6.07) is 15.8. The fourth-order valence-corrected chi connectivity index (χ4v) is 6.66. The number of pyridine rings is 1. The van der Waals surface area contributed by atoms with Crippen LogP contribution < -0.4 is 15.4 Å². The number of ether oxygens (including phenoxy) is 1. The second-order valence-electron chi connectivity index (χ2n) is 13.5. The Bertz CT molecular complexity index is 2560. The van der Waals surface area contributed by atoms with Gasteiger partial charge in [0, 0.05) is 31.8 Å². The Morgan fingerprint density at radius 1 is 0.621 bits per heavy atom. The number of hydrogen-bond donors (Lipinski definition) is 2. The van der Waals surface area contributed by atoms with E-state index in [1.165, 1.54) is 30.0 Å². The van der Waals surface area contributed by atoms with Crippen molar-refractivity contribution in [1.29, 1.82) is 0 Å². The molecule has 2 aromatic carbocycles. The van der Waals surface area contributed by atoms with E-state index in [1.807, 2.05) is 18.2 Å². The number of carbonyl (C=O) groups excluding carboxylic acids is 4. The van der Waals surface area contributed by atoms with Crippen molar-refractivity contribution < 1.29 is 41.6 Å². The van der Waals surface area contributed by atoms with Gasteiger partial charge >= 0.3 is 0 Å². The van der Waals surface area contributed by atoms with Crippen LogP contribution in [0.2, 0.25) is 0 Å². The van der Waals surface area contributed by atoms with Crippen LogP contribution in [0.15, 0.2) is 97.3 Å². The number of amides is 4. The predicted octanol–water partition coefficient (Wildman–Crippen LogP) is 5.89. The Hall–Kier alpha value is -7.69. The first kappa shape index (κ1) is 36.0. The summed E-state index contributed by atoms with van der Waals surface area (Å²) >= 11 is 0. The maximum Gasteiger partial charge on any atom is 0.273 e. The number of aromatic nitrogens is 5. The van der Waals surface area contributed by atoms with Crippen LogP contribution >= 0.6 is 0 Å². The monoisotopic (exact) mass is 780 g/mol. The van der Waals surface area contributed by atoms with Crippen molar-refractivity contribution in [1.82, 2.24) is 40.5 Å². The maximum atomic E-state index is 13.2. The topological polar surface area (TPSA) is 222 Å². The second kappa shape index (κ2) is 15.1. The molecule has 0 aliphatic carbocycles. The molecule has 17 heteroatoms. The summed E-state index contributed by atoms with van der Waals surface area (Å²) < 4.78 is 28.9. The fourth-order valence-electron chi connectivity index (χ4n) is 6.66. The van der Waals surface area contributed by atoms with E-state index in [4.69, 9.17) is 22.4 Å². The van der Waals surface area contributed by atoms with Gasteiger partial charge in [-0.25, -0.2) is 24.9 Å². The van der Waals surface area contributed by atoms with Gasteiger partial charge in [0.25, 0.3) is 23.6 Å². The first-order chi connectivity index (χ1) is 28.3. The number of fused-ring (bicyclic) bond motifs is 17. The molecule has 58 heavy (non-hydrogen) atoms. The molecule has 0 fully saturated rings. The number of hydrogen-bond acceptors (Lipinski definition) is 14. The van der Waals surface area contributed by atoms with E-state index in [-0.39, 0.29) is 95.8 Å². The van der Waals surface area contributed by atoms with Gasteiger partial charge in [-0.05, 0) is 41.7 Å². The lowest BCUT2D eigenvalue weighted by Gasteiger charge is -2.14. The van der Waals surface area contributed by atoms with Crippen LogP contribution in [0.25, 0.3) is 46.3 Å². The molecule has 7 heterocycles. The number of imide groups is 1. The van der Waals surface area contributed by atoms with Gasteiger partial charge in [-0.2, -0.15) is 0 Å². The van der Waals surface area contributed by atoms with Gasteiger partial charge in [0.05, 0.1) is 17.7 Å². The Kier molecular flexibility index (Phi) is 9.36.